The molecule has 20 heavy (non-hydrogen) atoms. The average Bonchev–Trinajstić information content (AvgIpc) is 3.01. The lowest BCUT2D eigenvalue weighted by Gasteiger charge is -2.12. The molecule has 1 aliphatic carbocycles. The van der Waals surface area contributed by atoms with Crippen molar-refractivity contribution >= 4 is 16.5 Å². The number of hydrogen-bond donors (Lipinski definition) is 1. The van der Waals surface area contributed by atoms with Gasteiger partial charge in [-0.1, -0.05) is 32.1 Å². The molecular formula is C14H21N5S. The van der Waals surface area contributed by atoms with Crippen molar-refractivity contribution in [2.45, 2.75) is 52.0 Å². The first kappa shape index (κ1) is 13.5. The van der Waals surface area contributed by atoms with Crippen LogP contribution in [-0.2, 0) is 31.8 Å². The number of nitrogens with zero attached hydrogens (tertiary/aromatic N) is 4. The second kappa shape index (κ2) is 4.84. The molecule has 1 aliphatic rings. The zero-order valence-corrected chi connectivity index (χ0v) is 13.3. The summed E-state index contributed by atoms with van der Waals surface area (Å²) in [5, 5.41) is 18.4. The molecule has 3 rings (SSSR count). The van der Waals surface area contributed by atoms with Gasteiger partial charge in [0.25, 0.3) is 0 Å². The van der Waals surface area contributed by atoms with Gasteiger partial charge in [0.15, 0.2) is 0 Å². The lowest BCUT2D eigenvalue weighted by atomic mass is 9.98. The minimum Gasteiger partial charge on any atom is -0.354 e. The molecule has 0 spiro atoms. The standard InChI is InChI=1S/C14H21N5S/c1-14(2,3)12-16-17-13(20-12)15-8-11-9-6-5-7-10(9)18-19(11)4/h5-8H2,1-4H3,(H,15,17). The normalized spacial score (nSPS) is 14.6. The highest BCUT2D eigenvalue weighted by Crippen LogP contribution is 2.29. The summed E-state index contributed by atoms with van der Waals surface area (Å²) in [5.74, 6) is 0. The smallest absolute Gasteiger partial charge is 0.206 e. The van der Waals surface area contributed by atoms with E-state index in [0.29, 0.717) is 0 Å². The van der Waals surface area contributed by atoms with E-state index in [2.05, 4.69) is 41.4 Å². The first-order valence-corrected chi connectivity index (χ1v) is 7.88. The lowest BCUT2D eigenvalue weighted by Crippen LogP contribution is -2.10. The highest BCUT2D eigenvalue weighted by atomic mass is 32.1. The van der Waals surface area contributed by atoms with Crippen LogP contribution in [0.1, 0.15) is 49.2 Å². The summed E-state index contributed by atoms with van der Waals surface area (Å²) in [7, 11) is 2.02. The van der Waals surface area contributed by atoms with Gasteiger partial charge >= 0.3 is 0 Å². The molecule has 1 N–H and O–H groups in total. The monoisotopic (exact) mass is 291 g/mol. The molecule has 0 bridgehead atoms. The molecule has 108 valence electrons. The maximum absolute atomic E-state index is 4.59. The molecule has 5 nitrogen and oxygen atoms in total. The number of aromatic nitrogens is 4. The fourth-order valence-electron chi connectivity index (χ4n) is 2.56. The molecule has 0 fully saturated rings. The van der Waals surface area contributed by atoms with Crippen molar-refractivity contribution in [2.24, 2.45) is 7.05 Å². The van der Waals surface area contributed by atoms with Gasteiger partial charge in [0.05, 0.1) is 17.9 Å². The molecule has 0 radical (unpaired) electrons. The van der Waals surface area contributed by atoms with Crippen molar-refractivity contribution in [2.75, 3.05) is 5.32 Å². The Hall–Kier alpha value is -1.43. The summed E-state index contributed by atoms with van der Waals surface area (Å²) >= 11 is 1.64. The van der Waals surface area contributed by atoms with Crippen LogP contribution in [0.15, 0.2) is 0 Å². The molecule has 2 heterocycles. The van der Waals surface area contributed by atoms with Crippen LogP contribution in [-0.4, -0.2) is 20.0 Å². The third-order valence-corrected chi connectivity index (χ3v) is 4.98. The van der Waals surface area contributed by atoms with Crippen LogP contribution >= 0.6 is 11.3 Å². The van der Waals surface area contributed by atoms with Crippen molar-refractivity contribution in [3.05, 3.63) is 22.0 Å². The maximum Gasteiger partial charge on any atom is 0.206 e. The summed E-state index contributed by atoms with van der Waals surface area (Å²) in [6.45, 7) is 7.25. The molecular weight excluding hydrogens is 270 g/mol. The molecule has 0 unspecified atom stereocenters. The summed E-state index contributed by atoms with van der Waals surface area (Å²) in [4.78, 5) is 0. The first-order valence-electron chi connectivity index (χ1n) is 7.06. The Morgan fingerprint density at radius 1 is 1.25 bits per heavy atom. The number of aryl methyl sites for hydroxylation is 2. The Labute approximate surface area is 123 Å². The zero-order chi connectivity index (χ0) is 14.3. The van der Waals surface area contributed by atoms with E-state index in [0.717, 1.165) is 29.5 Å². The van der Waals surface area contributed by atoms with Crippen molar-refractivity contribution in [1.29, 1.82) is 0 Å². The average molecular weight is 291 g/mol. The molecule has 0 saturated carbocycles. The maximum atomic E-state index is 4.59. The topological polar surface area (TPSA) is 55.6 Å². The van der Waals surface area contributed by atoms with E-state index in [4.69, 9.17) is 0 Å². The third kappa shape index (κ3) is 2.44. The summed E-state index contributed by atoms with van der Waals surface area (Å²) in [5.41, 5.74) is 4.05. The SMILES string of the molecule is Cn1nc2c(c1CNc1nnc(C(C)(C)C)s1)CCC2. The summed E-state index contributed by atoms with van der Waals surface area (Å²) < 4.78 is 2.00. The predicted octanol–water partition coefficient (Wildman–Crippen LogP) is 2.67. The van der Waals surface area contributed by atoms with Gasteiger partial charge in [-0.3, -0.25) is 4.68 Å². The second-order valence-corrected chi connectivity index (χ2v) is 7.34. The van der Waals surface area contributed by atoms with Gasteiger partial charge in [0.1, 0.15) is 5.01 Å². The molecule has 2 aromatic heterocycles. The van der Waals surface area contributed by atoms with Crippen LogP contribution in [0.2, 0.25) is 0 Å². The highest BCUT2D eigenvalue weighted by Gasteiger charge is 2.22. The Morgan fingerprint density at radius 3 is 2.75 bits per heavy atom. The van der Waals surface area contributed by atoms with Crippen LogP contribution in [0.25, 0.3) is 0 Å². The summed E-state index contributed by atoms with van der Waals surface area (Å²) in [6.07, 6.45) is 3.51. The molecule has 0 aromatic carbocycles. The van der Waals surface area contributed by atoms with Gasteiger partial charge in [-0.05, 0) is 24.8 Å². The predicted molar refractivity (Wildman–Crippen MR) is 81.2 cm³/mol. The molecule has 0 atom stereocenters. The Bertz CT molecular complexity index is 620. The van der Waals surface area contributed by atoms with Gasteiger partial charge in [-0.15, -0.1) is 10.2 Å². The van der Waals surface area contributed by atoms with Crippen molar-refractivity contribution in [1.82, 2.24) is 20.0 Å². The van der Waals surface area contributed by atoms with Crippen molar-refractivity contribution in [3.63, 3.8) is 0 Å². The number of anilines is 1. The summed E-state index contributed by atoms with van der Waals surface area (Å²) in [6, 6.07) is 0. The quantitative estimate of drug-likeness (QED) is 0.944. The van der Waals surface area contributed by atoms with Gasteiger partial charge in [0.2, 0.25) is 5.13 Å². The number of nitrogens with one attached hydrogen (secondary N) is 1. The van der Waals surface area contributed by atoms with E-state index >= 15 is 0 Å². The number of rotatable bonds is 3. The Kier molecular flexibility index (Phi) is 3.28. The largest absolute Gasteiger partial charge is 0.354 e. The van der Waals surface area contributed by atoms with Gasteiger partial charge in [0, 0.05) is 12.5 Å². The van der Waals surface area contributed by atoms with Crippen LogP contribution in [0, 0.1) is 0 Å². The van der Waals surface area contributed by atoms with Crippen LogP contribution in [0.4, 0.5) is 5.13 Å². The fraction of sp³-hybridized carbons (Fsp3) is 0.643. The minimum atomic E-state index is 0.0609. The van der Waals surface area contributed by atoms with Crippen LogP contribution < -0.4 is 5.32 Å². The van der Waals surface area contributed by atoms with E-state index in [-0.39, 0.29) is 5.41 Å². The molecule has 0 aliphatic heterocycles. The second-order valence-electron chi connectivity index (χ2n) is 6.37. The van der Waals surface area contributed by atoms with Crippen molar-refractivity contribution in [3.8, 4) is 0 Å². The van der Waals surface area contributed by atoms with E-state index in [1.807, 2.05) is 11.7 Å². The third-order valence-electron chi connectivity index (χ3n) is 3.67. The molecule has 0 saturated heterocycles. The fourth-order valence-corrected chi connectivity index (χ4v) is 3.36. The van der Waals surface area contributed by atoms with Crippen LogP contribution in [0.5, 0.6) is 0 Å². The Balaban J connectivity index is 1.73. The van der Waals surface area contributed by atoms with E-state index < -0.39 is 0 Å². The van der Waals surface area contributed by atoms with Gasteiger partial charge in [-0.2, -0.15) is 5.10 Å². The lowest BCUT2D eigenvalue weighted by molar-refractivity contribution is 0.578. The minimum absolute atomic E-state index is 0.0609. The number of fused-ring (bicyclic) bond motifs is 1. The highest BCUT2D eigenvalue weighted by molar-refractivity contribution is 7.15. The van der Waals surface area contributed by atoms with Crippen molar-refractivity contribution < 1.29 is 0 Å². The van der Waals surface area contributed by atoms with Gasteiger partial charge in [-0.25, -0.2) is 0 Å². The first-order chi connectivity index (χ1) is 9.45. The zero-order valence-electron chi connectivity index (χ0n) is 12.5. The molecule has 2 aromatic rings. The van der Waals surface area contributed by atoms with E-state index in [9.17, 15) is 0 Å². The molecule has 0 amide bonds. The van der Waals surface area contributed by atoms with E-state index in [1.165, 1.54) is 23.4 Å². The molecule has 6 heteroatoms. The Morgan fingerprint density at radius 2 is 2.05 bits per heavy atom. The van der Waals surface area contributed by atoms with Crippen LogP contribution in [0.3, 0.4) is 0 Å². The number of hydrogen-bond acceptors (Lipinski definition) is 5. The van der Waals surface area contributed by atoms with E-state index in [1.54, 1.807) is 11.3 Å². The van der Waals surface area contributed by atoms with Gasteiger partial charge < -0.3 is 5.32 Å².